The SMILES string of the molecule is CC(C)c1cc2c(cn1)NCC2. The van der Waals surface area contributed by atoms with Gasteiger partial charge in [0.25, 0.3) is 0 Å². The third-order valence-electron chi connectivity index (χ3n) is 2.31. The molecule has 0 aromatic carbocycles. The number of rotatable bonds is 1. The van der Waals surface area contributed by atoms with E-state index in [1.54, 1.807) is 0 Å². The molecule has 0 atom stereocenters. The van der Waals surface area contributed by atoms with E-state index in [0.29, 0.717) is 5.92 Å². The van der Waals surface area contributed by atoms with Crippen molar-refractivity contribution in [2.75, 3.05) is 11.9 Å². The van der Waals surface area contributed by atoms with Crippen molar-refractivity contribution < 1.29 is 0 Å². The summed E-state index contributed by atoms with van der Waals surface area (Å²) in [4.78, 5) is 4.39. The second-order valence-electron chi connectivity index (χ2n) is 3.60. The molecule has 64 valence electrons. The number of nitrogens with zero attached hydrogens (tertiary/aromatic N) is 1. The van der Waals surface area contributed by atoms with Crippen LogP contribution in [0.4, 0.5) is 5.69 Å². The van der Waals surface area contributed by atoms with Crippen molar-refractivity contribution >= 4 is 5.69 Å². The Morgan fingerprint density at radius 2 is 2.33 bits per heavy atom. The van der Waals surface area contributed by atoms with E-state index in [-0.39, 0.29) is 0 Å². The fraction of sp³-hybridized carbons (Fsp3) is 0.500. The predicted octanol–water partition coefficient (Wildman–Crippen LogP) is 2.17. The summed E-state index contributed by atoms with van der Waals surface area (Å²) in [5.74, 6) is 0.538. The van der Waals surface area contributed by atoms with Crippen LogP contribution in [0.15, 0.2) is 12.3 Å². The van der Waals surface area contributed by atoms with Gasteiger partial charge in [-0.2, -0.15) is 0 Å². The molecule has 2 heterocycles. The number of nitrogens with one attached hydrogen (secondary N) is 1. The van der Waals surface area contributed by atoms with Crippen molar-refractivity contribution in [1.82, 2.24) is 4.98 Å². The molecule has 0 unspecified atom stereocenters. The van der Waals surface area contributed by atoms with Gasteiger partial charge in [0.2, 0.25) is 0 Å². The summed E-state index contributed by atoms with van der Waals surface area (Å²) in [6.07, 6.45) is 3.11. The minimum atomic E-state index is 0.538. The van der Waals surface area contributed by atoms with Crippen molar-refractivity contribution in [1.29, 1.82) is 0 Å². The first-order chi connectivity index (χ1) is 5.77. The number of aromatic nitrogens is 1. The molecule has 2 heteroatoms. The zero-order valence-electron chi connectivity index (χ0n) is 7.59. The lowest BCUT2D eigenvalue weighted by molar-refractivity contribution is 0.821. The molecule has 2 rings (SSSR count). The molecular formula is C10H14N2. The standard InChI is InChI=1S/C10H14N2/c1-7(2)9-5-8-3-4-11-10(8)6-12-9/h5-7,11H,3-4H2,1-2H3. The summed E-state index contributed by atoms with van der Waals surface area (Å²) >= 11 is 0. The molecule has 1 aromatic heterocycles. The number of pyridine rings is 1. The van der Waals surface area contributed by atoms with Gasteiger partial charge in [0.1, 0.15) is 0 Å². The highest BCUT2D eigenvalue weighted by Crippen LogP contribution is 2.23. The van der Waals surface area contributed by atoms with Crippen molar-refractivity contribution in [3.05, 3.63) is 23.5 Å². The van der Waals surface area contributed by atoms with Crippen LogP contribution in [0.25, 0.3) is 0 Å². The highest BCUT2D eigenvalue weighted by atomic mass is 14.9. The first-order valence-corrected chi connectivity index (χ1v) is 4.50. The molecule has 0 radical (unpaired) electrons. The Labute approximate surface area is 73.0 Å². The Kier molecular flexibility index (Phi) is 1.75. The topological polar surface area (TPSA) is 24.9 Å². The summed E-state index contributed by atoms with van der Waals surface area (Å²) < 4.78 is 0. The van der Waals surface area contributed by atoms with Gasteiger partial charge in [-0.25, -0.2) is 0 Å². The van der Waals surface area contributed by atoms with Gasteiger partial charge in [-0.1, -0.05) is 13.8 Å². The van der Waals surface area contributed by atoms with Gasteiger partial charge in [-0.15, -0.1) is 0 Å². The largest absolute Gasteiger partial charge is 0.383 e. The molecule has 0 saturated heterocycles. The molecule has 1 aliphatic heterocycles. The average molecular weight is 162 g/mol. The maximum atomic E-state index is 4.39. The van der Waals surface area contributed by atoms with Crippen LogP contribution in [0, 0.1) is 0 Å². The monoisotopic (exact) mass is 162 g/mol. The van der Waals surface area contributed by atoms with Crippen molar-refractivity contribution in [2.45, 2.75) is 26.2 Å². The van der Waals surface area contributed by atoms with E-state index >= 15 is 0 Å². The van der Waals surface area contributed by atoms with Gasteiger partial charge in [0, 0.05) is 12.2 Å². The van der Waals surface area contributed by atoms with E-state index in [9.17, 15) is 0 Å². The molecule has 0 bridgehead atoms. The van der Waals surface area contributed by atoms with Crippen molar-refractivity contribution in [3.63, 3.8) is 0 Å². The first kappa shape index (κ1) is 7.59. The van der Waals surface area contributed by atoms with Crippen LogP contribution in [0.5, 0.6) is 0 Å². The summed E-state index contributed by atoms with van der Waals surface area (Å²) in [5, 5.41) is 3.30. The first-order valence-electron chi connectivity index (χ1n) is 4.50. The van der Waals surface area contributed by atoms with Crippen LogP contribution in [0.2, 0.25) is 0 Å². The van der Waals surface area contributed by atoms with Crippen LogP contribution >= 0.6 is 0 Å². The highest BCUT2D eigenvalue weighted by Gasteiger charge is 2.11. The summed E-state index contributed by atoms with van der Waals surface area (Å²) in [6, 6.07) is 2.22. The number of hydrogen-bond acceptors (Lipinski definition) is 2. The molecule has 0 fully saturated rings. The third kappa shape index (κ3) is 1.17. The maximum absolute atomic E-state index is 4.39. The Hall–Kier alpha value is -1.05. The minimum Gasteiger partial charge on any atom is -0.383 e. The van der Waals surface area contributed by atoms with Crippen LogP contribution < -0.4 is 5.32 Å². The second-order valence-corrected chi connectivity index (χ2v) is 3.60. The van der Waals surface area contributed by atoms with Crippen LogP contribution in [0.3, 0.4) is 0 Å². The fourth-order valence-electron chi connectivity index (χ4n) is 1.53. The van der Waals surface area contributed by atoms with E-state index < -0.39 is 0 Å². The van der Waals surface area contributed by atoms with Crippen LogP contribution in [-0.4, -0.2) is 11.5 Å². The molecule has 0 saturated carbocycles. The molecule has 1 N–H and O–H groups in total. The lowest BCUT2D eigenvalue weighted by atomic mass is 10.1. The molecule has 0 spiro atoms. The Morgan fingerprint density at radius 3 is 3.08 bits per heavy atom. The van der Waals surface area contributed by atoms with Gasteiger partial charge < -0.3 is 5.32 Å². The fourth-order valence-corrected chi connectivity index (χ4v) is 1.53. The van der Waals surface area contributed by atoms with E-state index in [1.807, 2.05) is 6.20 Å². The summed E-state index contributed by atoms with van der Waals surface area (Å²) in [5.41, 5.74) is 3.85. The van der Waals surface area contributed by atoms with Crippen molar-refractivity contribution in [2.24, 2.45) is 0 Å². The van der Waals surface area contributed by atoms with Gasteiger partial charge in [-0.05, 0) is 24.0 Å². The normalized spacial score (nSPS) is 14.6. The van der Waals surface area contributed by atoms with Crippen LogP contribution in [0.1, 0.15) is 31.0 Å². The van der Waals surface area contributed by atoms with E-state index in [0.717, 1.165) is 13.0 Å². The van der Waals surface area contributed by atoms with E-state index in [4.69, 9.17) is 0 Å². The molecule has 12 heavy (non-hydrogen) atoms. The van der Waals surface area contributed by atoms with Gasteiger partial charge in [0.15, 0.2) is 0 Å². The zero-order valence-corrected chi connectivity index (χ0v) is 7.59. The highest BCUT2D eigenvalue weighted by molar-refractivity contribution is 5.54. The molecule has 1 aliphatic rings. The Balaban J connectivity index is 2.39. The Bertz CT molecular complexity index is 292. The summed E-state index contributed by atoms with van der Waals surface area (Å²) in [7, 11) is 0. The zero-order chi connectivity index (χ0) is 8.55. The predicted molar refractivity (Wildman–Crippen MR) is 50.5 cm³/mol. The number of hydrogen-bond donors (Lipinski definition) is 1. The molecule has 2 nitrogen and oxygen atoms in total. The molecular weight excluding hydrogens is 148 g/mol. The lowest BCUT2D eigenvalue weighted by Crippen LogP contribution is -1.94. The molecule has 0 amide bonds. The number of fused-ring (bicyclic) bond motifs is 1. The third-order valence-corrected chi connectivity index (χ3v) is 2.31. The minimum absolute atomic E-state index is 0.538. The second kappa shape index (κ2) is 2.77. The average Bonchev–Trinajstić information content (AvgIpc) is 2.49. The maximum Gasteiger partial charge on any atom is 0.0560 e. The van der Waals surface area contributed by atoms with Crippen LogP contribution in [-0.2, 0) is 6.42 Å². The summed E-state index contributed by atoms with van der Waals surface area (Å²) in [6.45, 7) is 5.42. The molecule has 1 aromatic rings. The quantitative estimate of drug-likeness (QED) is 0.684. The molecule has 0 aliphatic carbocycles. The van der Waals surface area contributed by atoms with E-state index in [1.165, 1.54) is 16.9 Å². The van der Waals surface area contributed by atoms with Gasteiger partial charge in [-0.3, -0.25) is 4.98 Å². The smallest absolute Gasteiger partial charge is 0.0560 e. The number of anilines is 1. The van der Waals surface area contributed by atoms with Gasteiger partial charge in [0.05, 0.1) is 11.9 Å². The van der Waals surface area contributed by atoms with E-state index in [2.05, 4.69) is 30.2 Å². The van der Waals surface area contributed by atoms with Crippen molar-refractivity contribution in [3.8, 4) is 0 Å². The Morgan fingerprint density at radius 1 is 1.50 bits per heavy atom. The lowest BCUT2D eigenvalue weighted by Gasteiger charge is -2.05. The van der Waals surface area contributed by atoms with Gasteiger partial charge >= 0.3 is 0 Å².